The fourth-order valence-electron chi connectivity index (χ4n) is 0.767. The molecule has 0 radical (unpaired) electrons. The molecule has 0 aromatic heterocycles. The minimum absolute atomic E-state index is 0.00361. The Morgan fingerprint density at radius 3 is 2.31 bits per heavy atom. The van der Waals surface area contributed by atoms with Gasteiger partial charge in [-0.15, -0.1) is 0 Å². The molecule has 0 fully saturated rings. The van der Waals surface area contributed by atoms with E-state index in [2.05, 4.69) is 0 Å². The number of aliphatic carboxylic acids is 1. The zero-order valence-electron chi connectivity index (χ0n) is 6.84. The first-order valence-corrected chi connectivity index (χ1v) is 3.69. The first kappa shape index (κ1) is 12.2. The van der Waals surface area contributed by atoms with Crippen molar-refractivity contribution < 1.29 is 23.3 Å². The highest BCUT2D eigenvalue weighted by molar-refractivity contribution is 5.76. The molecule has 0 heterocycles. The number of carboxylic acids is 1. The van der Waals surface area contributed by atoms with Gasteiger partial charge in [-0.1, -0.05) is 8.96 Å². The maximum absolute atomic E-state index is 12.9. The van der Waals surface area contributed by atoms with E-state index in [-0.39, 0.29) is 13.0 Å². The second-order valence-electron chi connectivity index (χ2n) is 2.54. The molecule has 0 amide bonds. The number of hydrogen-bond acceptors (Lipinski definition) is 3. The Balaban J connectivity index is 4.17. The molecule has 0 saturated heterocycles. The Hall–Kier alpha value is -0.820. The van der Waals surface area contributed by atoms with Crippen molar-refractivity contribution in [2.24, 2.45) is 5.73 Å². The molecule has 4 nitrogen and oxygen atoms in total. The van der Waals surface area contributed by atoms with Crippen LogP contribution in [0.5, 0.6) is 0 Å². The van der Waals surface area contributed by atoms with E-state index in [1.54, 1.807) is 0 Å². The van der Waals surface area contributed by atoms with Gasteiger partial charge >= 0.3 is 11.8 Å². The van der Waals surface area contributed by atoms with E-state index in [4.69, 9.17) is 10.8 Å². The van der Waals surface area contributed by atoms with Gasteiger partial charge in [0.1, 0.15) is 0 Å². The van der Waals surface area contributed by atoms with Crippen LogP contribution in [0.15, 0.2) is 0 Å². The van der Waals surface area contributed by atoms with E-state index >= 15 is 0 Å². The summed E-state index contributed by atoms with van der Waals surface area (Å²) in [6.07, 6.45) is -0.455. The van der Waals surface area contributed by atoms with Crippen LogP contribution in [0, 0.1) is 0 Å². The van der Waals surface area contributed by atoms with Crippen LogP contribution in [0.1, 0.15) is 19.3 Å². The topological polar surface area (TPSA) is 66.6 Å². The van der Waals surface area contributed by atoms with Gasteiger partial charge in [0.25, 0.3) is 0 Å². The zero-order chi connectivity index (χ0) is 10.5. The summed E-state index contributed by atoms with van der Waals surface area (Å²) in [5, 5.41) is 6.25. The highest BCUT2D eigenvalue weighted by atomic mass is 19.4. The van der Waals surface area contributed by atoms with E-state index < -0.39 is 23.5 Å². The summed E-state index contributed by atoms with van der Waals surface area (Å²) in [7, 11) is 0. The number of hydrogen-bond donors (Lipinski definition) is 2. The highest BCUT2D eigenvalue weighted by Gasteiger charge is 2.47. The summed E-state index contributed by atoms with van der Waals surface area (Å²) in [5.74, 6) is -5.77. The Morgan fingerprint density at radius 1 is 1.46 bits per heavy atom. The molecule has 78 valence electrons. The number of alkyl halides is 1. The van der Waals surface area contributed by atoms with Gasteiger partial charge in [0.05, 0.1) is 5.34 Å². The molecule has 1 atom stereocenters. The van der Waals surface area contributed by atoms with Gasteiger partial charge in [-0.3, -0.25) is 0 Å². The van der Waals surface area contributed by atoms with Gasteiger partial charge in [-0.25, -0.2) is 9.18 Å². The lowest BCUT2D eigenvalue weighted by molar-refractivity contribution is -0.278. The Kier molecular flexibility index (Phi) is 4.71. The maximum atomic E-state index is 12.9. The van der Waals surface area contributed by atoms with Crippen molar-refractivity contribution in [3.8, 4) is 0 Å². The van der Waals surface area contributed by atoms with Gasteiger partial charge in [-0.2, -0.15) is 0 Å². The molecular formula is C6H11F3N2O2. The fourth-order valence-corrected chi connectivity index (χ4v) is 0.767. The monoisotopic (exact) mass is 200 g/mol. The van der Waals surface area contributed by atoms with Crippen LogP contribution < -0.4 is 5.73 Å². The third kappa shape index (κ3) is 3.19. The van der Waals surface area contributed by atoms with E-state index in [0.29, 0.717) is 6.42 Å². The van der Waals surface area contributed by atoms with Gasteiger partial charge in [-0.05, 0) is 19.4 Å². The molecule has 0 aromatic rings. The summed E-state index contributed by atoms with van der Waals surface area (Å²) >= 11 is 0. The average Bonchev–Trinajstić information content (AvgIpc) is 2.03. The standard InChI is InChI=1S/C6H11F3N2O2/c7-6(5(12)13,11(8)9)3-1-2-4-10/h1-4,10H2,(H,12,13). The zero-order valence-corrected chi connectivity index (χ0v) is 6.84. The molecule has 0 spiro atoms. The number of nitrogens with zero attached hydrogens (tertiary/aromatic N) is 1. The predicted octanol–water partition coefficient (Wildman–Crippen LogP) is 0.937. The van der Waals surface area contributed by atoms with E-state index in [0.717, 1.165) is 0 Å². The molecular weight excluding hydrogens is 189 g/mol. The first-order chi connectivity index (χ1) is 5.95. The molecule has 0 saturated carbocycles. The van der Waals surface area contributed by atoms with Crippen molar-refractivity contribution in [2.45, 2.75) is 25.1 Å². The summed E-state index contributed by atoms with van der Waals surface area (Å²) in [6.45, 7) is 0.217. The Morgan fingerprint density at radius 2 is 2.00 bits per heavy atom. The van der Waals surface area contributed by atoms with Gasteiger partial charge < -0.3 is 10.8 Å². The molecule has 0 aliphatic rings. The number of rotatable bonds is 6. The lowest BCUT2D eigenvalue weighted by Gasteiger charge is -2.19. The average molecular weight is 200 g/mol. The van der Waals surface area contributed by atoms with Crippen LogP contribution in [-0.4, -0.2) is 28.8 Å². The largest absolute Gasteiger partial charge is 0.478 e. The predicted molar refractivity (Wildman–Crippen MR) is 38.4 cm³/mol. The van der Waals surface area contributed by atoms with Gasteiger partial charge in [0.2, 0.25) is 0 Å². The maximum Gasteiger partial charge on any atom is 0.362 e. The van der Waals surface area contributed by atoms with E-state index in [1.807, 2.05) is 0 Å². The summed E-state index contributed by atoms with van der Waals surface area (Å²) < 4.78 is 36.5. The first-order valence-electron chi connectivity index (χ1n) is 3.69. The number of carboxylic acid groups (broad SMARTS) is 1. The van der Waals surface area contributed by atoms with Crippen LogP contribution in [0.25, 0.3) is 0 Å². The van der Waals surface area contributed by atoms with Crippen LogP contribution in [0.2, 0.25) is 0 Å². The Bertz CT molecular complexity index is 179. The van der Waals surface area contributed by atoms with Crippen molar-refractivity contribution in [3.05, 3.63) is 0 Å². The highest BCUT2D eigenvalue weighted by Crippen LogP contribution is 2.25. The number of unbranched alkanes of at least 4 members (excludes halogenated alkanes) is 1. The molecule has 13 heavy (non-hydrogen) atoms. The summed E-state index contributed by atoms with van der Waals surface area (Å²) in [5.41, 5.74) is 5.04. The fraction of sp³-hybridized carbons (Fsp3) is 0.833. The van der Waals surface area contributed by atoms with Crippen LogP contribution in [0.3, 0.4) is 0 Å². The van der Waals surface area contributed by atoms with Gasteiger partial charge in [0.15, 0.2) is 0 Å². The minimum atomic E-state index is -3.59. The second-order valence-corrected chi connectivity index (χ2v) is 2.54. The normalized spacial score (nSPS) is 15.8. The third-order valence-corrected chi connectivity index (χ3v) is 1.56. The van der Waals surface area contributed by atoms with Crippen LogP contribution in [-0.2, 0) is 4.79 Å². The number of halogens is 3. The smallest absolute Gasteiger partial charge is 0.362 e. The molecule has 1 unspecified atom stereocenters. The lowest BCUT2D eigenvalue weighted by atomic mass is 10.1. The van der Waals surface area contributed by atoms with E-state index in [1.165, 1.54) is 0 Å². The molecule has 0 aliphatic heterocycles. The second kappa shape index (κ2) is 5.03. The van der Waals surface area contributed by atoms with E-state index in [9.17, 15) is 18.1 Å². The Labute approximate surface area is 73.0 Å². The van der Waals surface area contributed by atoms with Gasteiger partial charge in [0, 0.05) is 6.42 Å². The van der Waals surface area contributed by atoms with Crippen molar-refractivity contribution in [2.75, 3.05) is 6.54 Å². The van der Waals surface area contributed by atoms with Crippen LogP contribution >= 0.6 is 0 Å². The number of nitrogens with two attached hydrogens (primary N) is 1. The molecule has 0 aromatic carbocycles. The van der Waals surface area contributed by atoms with Crippen molar-refractivity contribution in [1.82, 2.24) is 5.34 Å². The molecule has 0 aliphatic carbocycles. The lowest BCUT2D eigenvalue weighted by Crippen LogP contribution is -2.43. The molecule has 7 heteroatoms. The molecule has 3 N–H and O–H groups in total. The summed E-state index contributed by atoms with van der Waals surface area (Å²) in [6, 6.07) is 0. The quantitative estimate of drug-likeness (QED) is 0.380. The van der Waals surface area contributed by atoms with Crippen molar-refractivity contribution in [1.29, 1.82) is 0 Å². The van der Waals surface area contributed by atoms with Crippen molar-refractivity contribution >= 4 is 5.97 Å². The van der Waals surface area contributed by atoms with Crippen molar-refractivity contribution in [3.63, 3.8) is 0 Å². The SMILES string of the molecule is NCCCCC(F)(C(=O)O)N(F)F. The molecule has 0 rings (SSSR count). The van der Waals surface area contributed by atoms with Crippen LogP contribution in [0.4, 0.5) is 13.4 Å². The minimum Gasteiger partial charge on any atom is -0.478 e. The third-order valence-electron chi connectivity index (χ3n) is 1.56. The summed E-state index contributed by atoms with van der Waals surface area (Å²) in [4.78, 5) is 10.1. The molecule has 0 bridgehead atoms. The number of carbonyl (C=O) groups is 1.